The third-order valence-corrected chi connectivity index (χ3v) is 5.52. The maximum atomic E-state index is 13.4. The Morgan fingerprint density at radius 2 is 1.71 bits per heavy atom. The van der Waals surface area contributed by atoms with Crippen LogP contribution < -0.4 is 9.80 Å². The number of anilines is 2. The van der Waals surface area contributed by atoms with Crippen LogP contribution in [0.5, 0.6) is 0 Å². The van der Waals surface area contributed by atoms with Crippen molar-refractivity contribution < 1.29 is 14.3 Å². The number of rotatable bonds is 3. The molecule has 2 heterocycles. The second-order valence-corrected chi connectivity index (χ2v) is 7.32. The van der Waals surface area contributed by atoms with Gasteiger partial charge in [0.2, 0.25) is 5.91 Å². The van der Waals surface area contributed by atoms with Gasteiger partial charge in [0, 0.05) is 18.8 Å². The SMILES string of the molecule is Cc1ccc(N2CN(C(=O)C(C)N3CCOCC3)c3ccccc3C2=O)cc1. The van der Waals surface area contributed by atoms with Crippen molar-refractivity contribution >= 4 is 23.2 Å². The number of morpholine rings is 1. The van der Waals surface area contributed by atoms with Crippen LogP contribution in [0.4, 0.5) is 11.4 Å². The molecule has 0 saturated carbocycles. The van der Waals surface area contributed by atoms with Gasteiger partial charge in [0.25, 0.3) is 5.91 Å². The minimum atomic E-state index is -0.273. The van der Waals surface area contributed by atoms with Crippen molar-refractivity contribution in [3.63, 3.8) is 0 Å². The lowest BCUT2D eigenvalue weighted by Gasteiger charge is -2.40. The monoisotopic (exact) mass is 379 g/mol. The first-order chi connectivity index (χ1) is 13.6. The molecule has 6 heteroatoms. The highest BCUT2D eigenvalue weighted by Gasteiger charge is 2.36. The van der Waals surface area contributed by atoms with Gasteiger partial charge in [-0.15, -0.1) is 0 Å². The number of para-hydroxylation sites is 1. The molecule has 146 valence electrons. The number of fused-ring (bicyclic) bond motifs is 1. The summed E-state index contributed by atoms with van der Waals surface area (Å²) in [6.45, 7) is 6.92. The Morgan fingerprint density at radius 1 is 1.04 bits per heavy atom. The summed E-state index contributed by atoms with van der Waals surface area (Å²) in [5.41, 5.74) is 3.15. The Balaban J connectivity index is 1.67. The average molecular weight is 379 g/mol. The average Bonchev–Trinajstić information content (AvgIpc) is 2.74. The molecule has 0 aliphatic carbocycles. The second kappa shape index (κ2) is 7.73. The van der Waals surface area contributed by atoms with Gasteiger partial charge < -0.3 is 4.74 Å². The van der Waals surface area contributed by atoms with Crippen molar-refractivity contribution in [2.24, 2.45) is 0 Å². The Hall–Kier alpha value is -2.70. The molecule has 2 aromatic carbocycles. The van der Waals surface area contributed by atoms with Gasteiger partial charge in [0.05, 0.1) is 30.5 Å². The summed E-state index contributed by atoms with van der Waals surface area (Å²) in [7, 11) is 0. The predicted octanol–water partition coefficient (Wildman–Crippen LogP) is 2.67. The molecular formula is C22H25N3O3. The molecule has 6 nitrogen and oxygen atoms in total. The van der Waals surface area contributed by atoms with Crippen LogP contribution >= 0.6 is 0 Å². The lowest BCUT2D eigenvalue weighted by atomic mass is 10.1. The molecule has 2 amide bonds. The van der Waals surface area contributed by atoms with Crippen molar-refractivity contribution in [3.8, 4) is 0 Å². The van der Waals surface area contributed by atoms with Crippen LogP contribution in [0, 0.1) is 6.92 Å². The highest BCUT2D eigenvalue weighted by molar-refractivity contribution is 6.15. The minimum Gasteiger partial charge on any atom is -0.379 e. The molecule has 0 bridgehead atoms. The molecule has 1 unspecified atom stereocenters. The van der Waals surface area contributed by atoms with E-state index in [2.05, 4.69) is 4.90 Å². The molecule has 0 N–H and O–H groups in total. The van der Waals surface area contributed by atoms with E-state index in [4.69, 9.17) is 4.74 Å². The lowest BCUT2D eigenvalue weighted by molar-refractivity contribution is -0.124. The lowest BCUT2D eigenvalue weighted by Crippen LogP contribution is -2.56. The van der Waals surface area contributed by atoms with E-state index in [-0.39, 0.29) is 24.5 Å². The summed E-state index contributed by atoms with van der Waals surface area (Å²) in [6, 6.07) is 14.9. The molecule has 4 rings (SSSR count). The highest BCUT2D eigenvalue weighted by Crippen LogP contribution is 2.31. The largest absolute Gasteiger partial charge is 0.379 e. The summed E-state index contributed by atoms with van der Waals surface area (Å²) >= 11 is 0. The van der Waals surface area contributed by atoms with Gasteiger partial charge in [-0.3, -0.25) is 24.3 Å². The van der Waals surface area contributed by atoms with Crippen molar-refractivity contribution in [3.05, 3.63) is 59.7 Å². The number of nitrogens with zero attached hydrogens (tertiary/aromatic N) is 3. The first-order valence-electron chi connectivity index (χ1n) is 9.67. The number of aryl methyl sites for hydroxylation is 1. The van der Waals surface area contributed by atoms with Crippen molar-refractivity contribution in [2.75, 3.05) is 42.8 Å². The number of carbonyl (C=O) groups excluding carboxylic acids is 2. The zero-order valence-corrected chi connectivity index (χ0v) is 16.3. The van der Waals surface area contributed by atoms with E-state index >= 15 is 0 Å². The second-order valence-electron chi connectivity index (χ2n) is 7.32. The number of hydrogen-bond acceptors (Lipinski definition) is 4. The van der Waals surface area contributed by atoms with Gasteiger partial charge in [-0.1, -0.05) is 29.8 Å². The molecular weight excluding hydrogens is 354 g/mol. The van der Waals surface area contributed by atoms with Crippen LogP contribution in [-0.4, -0.2) is 55.7 Å². The summed E-state index contributed by atoms with van der Waals surface area (Å²) in [5, 5.41) is 0. The molecule has 0 aromatic heterocycles. The molecule has 1 saturated heterocycles. The Morgan fingerprint density at radius 3 is 2.43 bits per heavy atom. The van der Waals surface area contributed by atoms with Gasteiger partial charge >= 0.3 is 0 Å². The number of benzene rings is 2. The number of amides is 2. The fraction of sp³-hybridized carbons (Fsp3) is 0.364. The topological polar surface area (TPSA) is 53.1 Å². The Kier molecular flexibility index (Phi) is 5.15. The first-order valence-corrected chi connectivity index (χ1v) is 9.67. The zero-order chi connectivity index (χ0) is 19.7. The van der Waals surface area contributed by atoms with E-state index in [9.17, 15) is 9.59 Å². The maximum absolute atomic E-state index is 13.4. The van der Waals surface area contributed by atoms with Crippen molar-refractivity contribution in [2.45, 2.75) is 19.9 Å². The molecule has 1 atom stereocenters. The smallest absolute Gasteiger partial charge is 0.261 e. The van der Waals surface area contributed by atoms with Gasteiger partial charge in [-0.25, -0.2) is 0 Å². The molecule has 0 spiro atoms. The van der Waals surface area contributed by atoms with Gasteiger partial charge in [0.15, 0.2) is 0 Å². The number of hydrogen-bond donors (Lipinski definition) is 0. The molecule has 2 aliphatic rings. The molecule has 28 heavy (non-hydrogen) atoms. The van der Waals surface area contributed by atoms with E-state index in [1.54, 1.807) is 15.9 Å². The van der Waals surface area contributed by atoms with E-state index in [1.165, 1.54) is 0 Å². The van der Waals surface area contributed by atoms with Crippen molar-refractivity contribution in [1.29, 1.82) is 0 Å². The van der Waals surface area contributed by atoms with Crippen LogP contribution in [0.2, 0.25) is 0 Å². The van der Waals surface area contributed by atoms with Crippen molar-refractivity contribution in [1.82, 2.24) is 4.90 Å². The van der Waals surface area contributed by atoms with Gasteiger partial charge in [-0.05, 0) is 38.1 Å². The third kappa shape index (κ3) is 3.41. The van der Waals surface area contributed by atoms with Crippen LogP contribution in [0.3, 0.4) is 0 Å². The molecule has 0 radical (unpaired) electrons. The normalized spacial score (nSPS) is 18.7. The standard InChI is InChI=1S/C22H25N3O3/c1-16-7-9-18(10-8-16)24-15-25(20-6-4-3-5-19(20)22(24)27)21(26)17(2)23-11-13-28-14-12-23/h3-10,17H,11-15H2,1-2H3. The quantitative estimate of drug-likeness (QED) is 0.823. The molecule has 2 aliphatic heterocycles. The first kappa shape index (κ1) is 18.7. The van der Waals surface area contributed by atoms with E-state index in [1.807, 2.05) is 56.3 Å². The van der Waals surface area contributed by atoms with E-state index < -0.39 is 0 Å². The van der Waals surface area contributed by atoms with Crippen LogP contribution in [0.15, 0.2) is 48.5 Å². The Labute approximate surface area is 165 Å². The third-order valence-electron chi connectivity index (χ3n) is 5.52. The number of carbonyl (C=O) groups is 2. The summed E-state index contributed by atoms with van der Waals surface area (Å²) in [4.78, 5) is 32.1. The summed E-state index contributed by atoms with van der Waals surface area (Å²) in [6.07, 6.45) is 0. The highest BCUT2D eigenvalue weighted by atomic mass is 16.5. The fourth-order valence-electron chi connectivity index (χ4n) is 3.78. The van der Waals surface area contributed by atoms with Gasteiger partial charge in [0.1, 0.15) is 6.67 Å². The molecule has 1 fully saturated rings. The van der Waals surface area contributed by atoms with Gasteiger partial charge in [-0.2, -0.15) is 0 Å². The number of ether oxygens (including phenoxy) is 1. The fourth-order valence-corrected chi connectivity index (χ4v) is 3.78. The van der Waals surface area contributed by atoms with Crippen LogP contribution in [0.1, 0.15) is 22.8 Å². The van der Waals surface area contributed by atoms with Crippen LogP contribution in [0.25, 0.3) is 0 Å². The molecule has 2 aromatic rings. The van der Waals surface area contributed by atoms with E-state index in [0.29, 0.717) is 24.5 Å². The van der Waals surface area contributed by atoms with E-state index in [0.717, 1.165) is 24.3 Å². The summed E-state index contributed by atoms with van der Waals surface area (Å²) < 4.78 is 5.41. The Bertz CT molecular complexity index is 875. The summed E-state index contributed by atoms with van der Waals surface area (Å²) in [5.74, 6) is -0.0820. The zero-order valence-electron chi connectivity index (χ0n) is 16.3. The maximum Gasteiger partial charge on any atom is 0.261 e. The van der Waals surface area contributed by atoms with Crippen LogP contribution in [-0.2, 0) is 9.53 Å². The minimum absolute atomic E-state index is 0.000961. The predicted molar refractivity (Wildman–Crippen MR) is 109 cm³/mol.